The standard InChI is InChI=1S/C23H27FN2O5S/c1-17(22(27)25-13-12-18-8-10-20(24)11-9-18)31-23(28)19-6-5-7-21(16-19)32(29,30)26-14-3-2-4-15-26/h5-11,16-17H,2-4,12-15H2,1H3,(H,25,27). The van der Waals surface area contributed by atoms with E-state index < -0.39 is 28.0 Å². The van der Waals surface area contributed by atoms with Crippen LogP contribution in [-0.4, -0.2) is 50.3 Å². The lowest BCUT2D eigenvalue weighted by Gasteiger charge is -2.26. The van der Waals surface area contributed by atoms with Gasteiger partial charge in [-0.05, 0) is 62.1 Å². The van der Waals surface area contributed by atoms with Gasteiger partial charge in [-0.1, -0.05) is 24.6 Å². The highest BCUT2D eigenvalue weighted by Crippen LogP contribution is 2.21. The third-order valence-electron chi connectivity index (χ3n) is 5.30. The van der Waals surface area contributed by atoms with Gasteiger partial charge in [0.2, 0.25) is 10.0 Å². The minimum atomic E-state index is -3.68. The van der Waals surface area contributed by atoms with E-state index in [0.717, 1.165) is 24.8 Å². The summed E-state index contributed by atoms with van der Waals surface area (Å²) in [6.07, 6.45) is 2.08. The van der Waals surface area contributed by atoms with Gasteiger partial charge in [0.15, 0.2) is 6.10 Å². The Morgan fingerprint density at radius 3 is 2.47 bits per heavy atom. The highest BCUT2D eigenvalue weighted by atomic mass is 32.2. The van der Waals surface area contributed by atoms with Crippen LogP contribution in [0.1, 0.15) is 42.1 Å². The zero-order valence-corrected chi connectivity index (χ0v) is 18.7. The first-order valence-electron chi connectivity index (χ1n) is 10.6. The lowest BCUT2D eigenvalue weighted by molar-refractivity contribution is -0.129. The summed E-state index contributed by atoms with van der Waals surface area (Å²) in [5.41, 5.74) is 0.928. The largest absolute Gasteiger partial charge is 0.449 e. The number of amides is 1. The van der Waals surface area contributed by atoms with Crippen LogP contribution in [0, 0.1) is 5.82 Å². The number of carbonyl (C=O) groups excluding carboxylic acids is 2. The molecule has 2 aromatic carbocycles. The van der Waals surface area contributed by atoms with Crippen molar-refractivity contribution in [3.63, 3.8) is 0 Å². The van der Waals surface area contributed by atoms with E-state index in [2.05, 4.69) is 5.32 Å². The van der Waals surface area contributed by atoms with E-state index in [9.17, 15) is 22.4 Å². The lowest BCUT2D eigenvalue weighted by Crippen LogP contribution is -2.37. The Morgan fingerprint density at radius 2 is 1.78 bits per heavy atom. The number of nitrogens with one attached hydrogen (secondary N) is 1. The molecule has 1 atom stereocenters. The van der Waals surface area contributed by atoms with Gasteiger partial charge in [0.25, 0.3) is 5.91 Å². The van der Waals surface area contributed by atoms with Gasteiger partial charge in [0, 0.05) is 19.6 Å². The van der Waals surface area contributed by atoms with Gasteiger partial charge in [0.1, 0.15) is 5.82 Å². The van der Waals surface area contributed by atoms with E-state index in [1.165, 1.54) is 47.6 Å². The van der Waals surface area contributed by atoms with Crippen molar-refractivity contribution in [3.8, 4) is 0 Å². The number of carbonyl (C=O) groups is 2. The van der Waals surface area contributed by atoms with Crippen molar-refractivity contribution in [2.75, 3.05) is 19.6 Å². The van der Waals surface area contributed by atoms with E-state index in [1.54, 1.807) is 12.1 Å². The van der Waals surface area contributed by atoms with Crippen LogP contribution in [0.4, 0.5) is 4.39 Å². The van der Waals surface area contributed by atoms with E-state index >= 15 is 0 Å². The van der Waals surface area contributed by atoms with Crippen molar-refractivity contribution in [1.29, 1.82) is 0 Å². The molecule has 2 aromatic rings. The van der Waals surface area contributed by atoms with Crippen LogP contribution in [-0.2, 0) is 26.0 Å². The summed E-state index contributed by atoms with van der Waals surface area (Å²) in [5, 5.41) is 2.67. The van der Waals surface area contributed by atoms with E-state index in [-0.39, 0.29) is 16.3 Å². The Labute approximate surface area is 187 Å². The van der Waals surface area contributed by atoms with Crippen LogP contribution in [0.3, 0.4) is 0 Å². The molecular weight excluding hydrogens is 435 g/mol. The molecule has 0 spiro atoms. The Morgan fingerprint density at radius 1 is 1.09 bits per heavy atom. The molecule has 0 aromatic heterocycles. The molecule has 1 amide bonds. The first-order valence-corrected chi connectivity index (χ1v) is 12.0. The zero-order valence-electron chi connectivity index (χ0n) is 17.9. The van der Waals surface area contributed by atoms with Crippen molar-refractivity contribution in [2.45, 2.75) is 43.6 Å². The van der Waals surface area contributed by atoms with E-state index in [1.807, 2.05) is 0 Å². The fourth-order valence-corrected chi connectivity index (χ4v) is 5.01. The Bertz CT molecular complexity index is 1050. The fourth-order valence-electron chi connectivity index (χ4n) is 3.44. The number of rotatable bonds is 8. The maximum Gasteiger partial charge on any atom is 0.338 e. The molecule has 1 heterocycles. The molecule has 1 unspecified atom stereocenters. The molecule has 172 valence electrons. The quantitative estimate of drug-likeness (QED) is 0.609. The summed E-state index contributed by atoms with van der Waals surface area (Å²) < 4.78 is 45.3. The van der Waals surface area contributed by atoms with Gasteiger partial charge >= 0.3 is 5.97 Å². The summed E-state index contributed by atoms with van der Waals surface area (Å²) in [6.45, 7) is 2.67. The molecule has 1 fully saturated rings. The molecule has 1 N–H and O–H groups in total. The highest BCUT2D eigenvalue weighted by molar-refractivity contribution is 7.89. The summed E-state index contributed by atoms with van der Waals surface area (Å²) >= 11 is 0. The number of hydrogen-bond donors (Lipinski definition) is 1. The Kier molecular flexibility index (Phi) is 7.98. The number of piperidine rings is 1. The monoisotopic (exact) mass is 462 g/mol. The molecule has 0 bridgehead atoms. The third kappa shape index (κ3) is 6.14. The average molecular weight is 463 g/mol. The molecule has 1 aliphatic heterocycles. The molecule has 7 nitrogen and oxygen atoms in total. The van der Waals surface area contributed by atoms with Crippen molar-refractivity contribution in [1.82, 2.24) is 9.62 Å². The van der Waals surface area contributed by atoms with Crippen molar-refractivity contribution >= 4 is 21.9 Å². The fraction of sp³-hybridized carbons (Fsp3) is 0.391. The maximum atomic E-state index is 12.9. The van der Waals surface area contributed by atoms with Crippen LogP contribution in [0.5, 0.6) is 0 Å². The topological polar surface area (TPSA) is 92.8 Å². The van der Waals surface area contributed by atoms with Gasteiger partial charge in [0.05, 0.1) is 10.5 Å². The summed E-state index contributed by atoms with van der Waals surface area (Å²) in [4.78, 5) is 24.8. The molecule has 1 saturated heterocycles. The van der Waals surface area contributed by atoms with Crippen molar-refractivity contribution in [3.05, 3.63) is 65.5 Å². The molecular formula is C23H27FN2O5S. The number of hydrogen-bond acceptors (Lipinski definition) is 5. The minimum absolute atomic E-state index is 0.0326. The second-order valence-corrected chi connectivity index (χ2v) is 9.65. The molecule has 0 radical (unpaired) electrons. The summed E-state index contributed by atoms with van der Waals surface area (Å²) in [6, 6.07) is 11.6. The first-order chi connectivity index (χ1) is 15.3. The zero-order chi connectivity index (χ0) is 23.1. The number of halogens is 1. The predicted molar refractivity (Wildman–Crippen MR) is 117 cm³/mol. The van der Waals surface area contributed by atoms with E-state index in [4.69, 9.17) is 4.74 Å². The maximum absolute atomic E-state index is 12.9. The second-order valence-electron chi connectivity index (χ2n) is 7.71. The number of sulfonamides is 1. The van der Waals surface area contributed by atoms with Crippen molar-refractivity contribution < 1.29 is 27.1 Å². The lowest BCUT2D eigenvalue weighted by atomic mass is 10.1. The predicted octanol–water partition coefficient (Wildman–Crippen LogP) is 2.90. The smallest absolute Gasteiger partial charge is 0.338 e. The Hall–Kier alpha value is -2.78. The number of benzene rings is 2. The summed E-state index contributed by atoms with van der Waals surface area (Å²) in [5.74, 6) is -1.58. The van der Waals surface area contributed by atoms with Crippen LogP contribution in [0.2, 0.25) is 0 Å². The average Bonchev–Trinajstić information content (AvgIpc) is 2.81. The molecule has 3 rings (SSSR count). The van der Waals surface area contributed by atoms with Gasteiger partial charge in [-0.25, -0.2) is 17.6 Å². The van der Waals surface area contributed by atoms with Crippen LogP contribution >= 0.6 is 0 Å². The minimum Gasteiger partial charge on any atom is -0.449 e. The van der Waals surface area contributed by atoms with Crippen LogP contribution in [0.25, 0.3) is 0 Å². The summed E-state index contributed by atoms with van der Waals surface area (Å²) in [7, 11) is -3.68. The van der Waals surface area contributed by atoms with Crippen molar-refractivity contribution in [2.24, 2.45) is 0 Å². The Balaban J connectivity index is 1.55. The SMILES string of the molecule is CC(OC(=O)c1cccc(S(=O)(=O)N2CCCCC2)c1)C(=O)NCCc1ccc(F)cc1. The number of esters is 1. The second kappa shape index (κ2) is 10.7. The number of nitrogens with zero attached hydrogens (tertiary/aromatic N) is 1. The molecule has 9 heteroatoms. The molecule has 0 aliphatic carbocycles. The molecule has 32 heavy (non-hydrogen) atoms. The van der Waals surface area contributed by atoms with Gasteiger partial charge in [-0.2, -0.15) is 4.31 Å². The van der Waals surface area contributed by atoms with Crippen LogP contribution in [0.15, 0.2) is 53.4 Å². The first kappa shape index (κ1) is 23.9. The third-order valence-corrected chi connectivity index (χ3v) is 7.20. The van der Waals surface area contributed by atoms with Gasteiger partial charge in [-0.3, -0.25) is 4.79 Å². The number of ether oxygens (including phenoxy) is 1. The van der Waals surface area contributed by atoms with Crippen LogP contribution < -0.4 is 5.32 Å². The normalized spacial score (nSPS) is 15.7. The van der Waals surface area contributed by atoms with Gasteiger partial charge < -0.3 is 10.1 Å². The highest BCUT2D eigenvalue weighted by Gasteiger charge is 2.27. The molecule has 1 aliphatic rings. The van der Waals surface area contributed by atoms with Gasteiger partial charge in [-0.15, -0.1) is 0 Å². The van der Waals surface area contributed by atoms with E-state index in [0.29, 0.717) is 26.1 Å². The molecule has 0 saturated carbocycles.